The van der Waals surface area contributed by atoms with Crippen LogP contribution in [-0.4, -0.2) is 25.0 Å². The molecule has 9 heteroatoms. The van der Waals surface area contributed by atoms with E-state index in [1.807, 2.05) is 0 Å². The van der Waals surface area contributed by atoms with E-state index in [-0.39, 0.29) is 23.8 Å². The van der Waals surface area contributed by atoms with Gasteiger partial charge in [-0.25, -0.2) is 0 Å². The van der Waals surface area contributed by atoms with Crippen molar-refractivity contribution in [3.63, 3.8) is 0 Å². The van der Waals surface area contributed by atoms with Gasteiger partial charge in [0, 0.05) is 30.3 Å². The molecule has 0 spiro atoms. The van der Waals surface area contributed by atoms with Crippen LogP contribution in [0.5, 0.6) is 17.2 Å². The molecular formula is C19H17F3N2O4. The molecule has 0 radical (unpaired) electrons. The Hall–Kier alpha value is -3.23. The van der Waals surface area contributed by atoms with Gasteiger partial charge in [-0.3, -0.25) is 9.59 Å². The molecule has 1 aliphatic rings. The summed E-state index contributed by atoms with van der Waals surface area (Å²) in [6.45, 7) is 0. The minimum Gasteiger partial charge on any atom is -0.497 e. The van der Waals surface area contributed by atoms with Crippen LogP contribution in [0.3, 0.4) is 0 Å². The fourth-order valence-corrected chi connectivity index (χ4v) is 2.73. The second-order valence-electron chi connectivity index (χ2n) is 6.17. The van der Waals surface area contributed by atoms with E-state index in [4.69, 9.17) is 9.47 Å². The van der Waals surface area contributed by atoms with E-state index in [0.717, 1.165) is 12.1 Å². The summed E-state index contributed by atoms with van der Waals surface area (Å²) >= 11 is 0. The number of nitrogens with one attached hydrogen (secondary N) is 2. The highest BCUT2D eigenvalue weighted by molar-refractivity contribution is 5.99. The lowest BCUT2D eigenvalue weighted by Crippen LogP contribution is -2.37. The Balaban J connectivity index is 1.79. The fourth-order valence-electron chi connectivity index (χ4n) is 2.73. The van der Waals surface area contributed by atoms with Gasteiger partial charge in [-0.2, -0.15) is 13.2 Å². The molecule has 0 saturated carbocycles. The Bertz CT molecular complexity index is 899. The first kappa shape index (κ1) is 19.5. The number of rotatable bonds is 5. The zero-order chi connectivity index (χ0) is 20.3. The number of alkyl halides is 3. The molecular weight excluding hydrogens is 377 g/mol. The van der Waals surface area contributed by atoms with E-state index in [0.29, 0.717) is 17.9 Å². The van der Waals surface area contributed by atoms with E-state index in [1.54, 1.807) is 0 Å². The molecule has 2 amide bonds. The van der Waals surface area contributed by atoms with Crippen molar-refractivity contribution in [1.29, 1.82) is 0 Å². The Kier molecular flexibility index (Phi) is 5.43. The number of halogens is 3. The highest BCUT2D eigenvalue weighted by Gasteiger charge is 2.30. The number of hydrogen-bond acceptors (Lipinski definition) is 4. The number of benzene rings is 2. The Morgan fingerprint density at radius 2 is 1.89 bits per heavy atom. The van der Waals surface area contributed by atoms with Crippen molar-refractivity contribution in [1.82, 2.24) is 5.32 Å². The van der Waals surface area contributed by atoms with Crippen molar-refractivity contribution < 1.29 is 32.2 Å². The minimum atomic E-state index is -4.49. The minimum absolute atomic E-state index is 0.0107. The average molecular weight is 394 g/mol. The summed E-state index contributed by atoms with van der Waals surface area (Å²) in [5, 5.41) is 5.20. The van der Waals surface area contributed by atoms with Gasteiger partial charge < -0.3 is 20.1 Å². The Labute approximate surface area is 158 Å². The van der Waals surface area contributed by atoms with Gasteiger partial charge in [0.2, 0.25) is 11.8 Å². The Morgan fingerprint density at radius 1 is 1.14 bits per heavy atom. The van der Waals surface area contributed by atoms with Gasteiger partial charge in [0.25, 0.3) is 0 Å². The molecule has 3 rings (SSSR count). The molecule has 1 aliphatic heterocycles. The maximum atomic E-state index is 12.9. The molecule has 6 nitrogen and oxygen atoms in total. The van der Waals surface area contributed by atoms with Crippen molar-refractivity contribution in [2.75, 3.05) is 12.4 Å². The summed E-state index contributed by atoms with van der Waals surface area (Å²) in [5.41, 5.74) is -0.508. The molecule has 0 aliphatic carbocycles. The second-order valence-corrected chi connectivity index (χ2v) is 6.17. The predicted octanol–water partition coefficient (Wildman–Crippen LogP) is 3.72. The zero-order valence-electron chi connectivity index (χ0n) is 14.8. The lowest BCUT2D eigenvalue weighted by molar-refractivity contribution is -0.137. The molecule has 1 atom stereocenters. The smallest absolute Gasteiger partial charge is 0.416 e. The van der Waals surface area contributed by atoms with Crippen molar-refractivity contribution in [3.05, 3.63) is 48.0 Å². The van der Waals surface area contributed by atoms with Crippen LogP contribution in [0.4, 0.5) is 18.9 Å². The first-order chi connectivity index (χ1) is 13.2. The number of methoxy groups -OCH3 is 1. The third-order valence-electron chi connectivity index (χ3n) is 4.09. The van der Waals surface area contributed by atoms with Gasteiger partial charge in [0.1, 0.15) is 23.3 Å². The summed E-state index contributed by atoms with van der Waals surface area (Å²) in [5.74, 6) is -0.0773. The lowest BCUT2D eigenvalue weighted by atomic mass is 10.2. The van der Waals surface area contributed by atoms with Crippen LogP contribution < -0.4 is 20.1 Å². The molecule has 2 aromatic carbocycles. The van der Waals surface area contributed by atoms with Crippen molar-refractivity contribution >= 4 is 17.5 Å². The van der Waals surface area contributed by atoms with Gasteiger partial charge in [0.05, 0.1) is 12.7 Å². The standard InChI is InChI=1S/C19H17F3N2O4/c1-27-14-8-12(23-18(26)16-5-6-17(25)24-16)9-15(10-14)28-13-4-2-3-11(7-13)19(20,21)22/h2-4,7-10,16H,5-6H2,1H3,(H,23,26)(H,24,25). The van der Waals surface area contributed by atoms with Crippen LogP contribution in [0.1, 0.15) is 18.4 Å². The molecule has 2 aromatic rings. The summed E-state index contributed by atoms with van der Waals surface area (Å²) in [4.78, 5) is 23.5. The van der Waals surface area contributed by atoms with Gasteiger partial charge in [0.15, 0.2) is 0 Å². The second kappa shape index (κ2) is 7.79. The normalized spacial score (nSPS) is 16.4. The number of ether oxygens (including phenoxy) is 2. The number of amides is 2. The molecule has 0 aromatic heterocycles. The monoisotopic (exact) mass is 394 g/mol. The van der Waals surface area contributed by atoms with E-state index in [1.165, 1.54) is 37.4 Å². The molecule has 1 fully saturated rings. The van der Waals surface area contributed by atoms with Crippen molar-refractivity contribution in [2.45, 2.75) is 25.1 Å². The molecule has 2 N–H and O–H groups in total. The zero-order valence-corrected chi connectivity index (χ0v) is 14.8. The number of carbonyl (C=O) groups excluding carboxylic acids is 2. The summed E-state index contributed by atoms with van der Waals surface area (Å²) < 4.78 is 49.2. The molecule has 28 heavy (non-hydrogen) atoms. The molecule has 1 unspecified atom stereocenters. The van der Waals surface area contributed by atoms with Gasteiger partial charge >= 0.3 is 6.18 Å². The van der Waals surface area contributed by atoms with Crippen LogP contribution in [0.15, 0.2) is 42.5 Å². The quantitative estimate of drug-likeness (QED) is 0.810. The maximum absolute atomic E-state index is 12.9. The predicted molar refractivity (Wildman–Crippen MR) is 94.3 cm³/mol. The van der Waals surface area contributed by atoms with Crippen LogP contribution in [0.2, 0.25) is 0 Å². The van der Waals surface area contributed by atoms with E-state index in [2.05, 4.69) is 10.6 Å². The van der Waals surface area contributed by atoms with Crippen LogP contribution in [-0.2, 0) is 15.8 Å². The molecule has 1 saturated heterocycles. The number of carbonyl (C=O) groups is 2. The molecule has 1 heterocycles. The topological polar surface area (TPSA) is 76.7 Å². The average Bonchev–Trinajstić information content (AvgIpc) is 3.07. The third kappa shape index (κ3) is 4.73. The largest absolute Gasteiger partial charge is 0.497 e. The van der Waals surface area contributed by atoms with Gasteiger partial charge in [-0.05, 0) is 24.6 Å². The number of hydrogen-bond donors (Lipinski definition) is 2. The summed E-state index contributed by atoms with van der Waals surface area (Å²) in [6, 6.07) is 8.29. The maximum Gasteiger partial charge on any atom is 0.416 e. The van der Waals surface area contributed by atoms with Crippen LogP contribution in [0.25, 0.3) is 0 Å². The fraction of sp³-hybridized carbons (Fsp3) is 0.263. The molecule has 148 valence electrons. The lowest BCUT2D eigenvalue weighted by Gasteiger charge is -2.14. The van der Waals surface area contributed by atoms with E-state index < -0.39 is 23.7 Å². The van der Waals surface area contributed by atoms with E-state index >= 15 is 0 Å². The van der Waals surface area contributed by atoms with Crippen molar-refractivity contribution in [2.24, 2.45) is 0 Å². The SMILES string of the molecule is COc1cc(NC(=O)C2CCC(=O)N2)cc(Oc2cccc(C(F)(F)F)c2)c1. The van der Waals surface area contributed by atoms with Crippen molar-refractivity contribution in [3.8, 4) is 17.2 Å². The first-order valence-corrected chi connectivity index (χ1v) is 8.39. The van der Waals surface area contributed by atoms with Gasteiger partial charge in [-0.15, -0.1) is 0 Å². The van der Waals surface area contributed by atoms with Crippen LogP contribution in [0, 0.1) is 0 Å². The summed E-state index contributed by atoms with van der Waals surface area (Å²) in [6.07, 6.45) is -3.82. The Morgan fingerprint density at radius 3 is 2.54 bits per heavy atom. The third-order valence-corrected chi connectivity index (χ3v) is 4.09. The van der Waals surface area contributed by atoms with Crippen LogP contribution >= 0.6 is 0 Å². The van der Waals surface area contributed by atoms with E-state index in [9.17, 15) is 22.8 Å². The van der Waals surface area contributed by atoms with Gasteiger partial charge in [-0.1, -0.05) is 6.07 Å². The molecule has 0 bridgehead atoms. The summed E-state index contributed by atoms with van der Waals surface area (Å²) in [7, 11) is 1.41. The highest BCUT2D eigenvalue weighted by atomic mass is 19.4. The number of anilines is 1. The highest BCUT2D eigenvalue weighted by Crippen LogP contribution is 2.34. The first-order valence-electron chi connectivity index (χ1n) is 8.39.